The Bertz CT molecular complexity index is 752. The van der Waals surface area contributed by atoms with Crippen molar-refractivity contribution in [2.24, 2.45) is 0 Å². The lowest BCUT2D eigenvalue weighted by Crippen LogP contribution is -2.03. The van der Waals surface area contributed by atoms with Gasteiger partial charge in [-0.2, -0.15) is 0 Å². The Balaban J connectivity index is 2.28. The van der Waals surface area contributed by atoms with Crippen LogP contribution in [-0.4, -0.2) is 9.55 Å². The van der Waals surface area contributed by atoms with Crippen molar-refractivity contribution in [2.45, 2.75) is 26.8 Å². The summed E-state index contributed by atoms with van der Waals surface area (Å²) in [5.41, 5.74) is 11.1. The van der Waals surface area contributed by atoms with Gasteiger partial charge in [-0.1, -0.05) is 6.07 Å². The Hall–Kier alpha value is -2.29. The maximum absolute atomic E-state index is 5.77. The summed E-state index contributed by atoms with van der Waals surface area (Å²) >= 11 is 0. The molecule has 0 saturated heterocycles. The van der Waals surface area contributed by atoms with E-state index in [0.717, 1.165) is 22.6 Å². The van der Waals surface area contributed by atoms with Crippen molar-refractivity contribution in [2.75, 3.05) is 5.73 Å². The molecule has 0 radical (unpaired) electrons. The zero-order valence-corrected chi connectivity index (χ0v) is 12.1. The predicted octanol–water partition coefficient (Wildman–Crippen LogP) is 4.17. The van der Waals surface area contributed by atoms with Gasteiger partial charge in [0, 0.05) is 17.3 Å². The SMILES string of the molecule is Cc1ccc2c(c1)nc(-c1ccc(N)cc1)n2C(C)C. The van der Waals surface area contributed by atoms with Gasteiger partial charge in [-0.25, -0.2) is 4.98 Å². The number of aryl methyl sites for hydroxylation is 1. The van der Waals surface area contributed by atoms with Crippen molar-refractivity contribution in [1.82, 2.24) is 9.55 Å². The Morgan fingerprint density at radius 3 is 2.40 bits per heavy atom. The fourth-order valence-corrected chi connectivity index (χ4v) is 2.57. The molecular weight excluding hydrogens is 246 g/mol. The van der Waals surface area contributed by atoms with Crippen LogP contribution in [0.2, 0.25) is 0 Å². The van der Waals surface area contributed by atoms with Crippen molar-refractivity contribution in [3.05, 3.63) is 48.0 Å². The van der Waals surface area contributed by atoms with Crippen molar-refractivity contribution in [3.8, 4) is 11.4 Å². The molecule has 1 heterocycles. The van der Waals surface area contributed by atoms with Crippen LogP contribution < -0.4 is 5.73 Å². The maximum atomic E-state index is 5.77. The third-order valence-corrected chi connectivity index (χ3v) is 3.53. The number of aromatic nitrogens is 2. The molecule has 2 N–H and O–H groups in total. The number of fused-ring (bicyclic) bond motifs is 1. The van der Waals surface area contributed by atoms with Crippen LogP contribution in [-0.2, 0) is 0 Å². The average molecular weight is 265 g/mol. The molecule has 0 aliphatic carbocycles. The first-order valence-electron chi connectivity index (χ1n) is 6.91. The van der Waals surface area contributed by atoms with Gasteiger partial charge in [-0.05, 0) is 62.7 Å². The molecule has 2 aromatic carbocycles. The second kappa shape index (κ2) is 4.67. The number of nitrogens with zero attached hydrogens (tertiary/aromatic N) is 2. The fourth-order valence-electron chi connectivity index (χ4n) is 2.57. The Morgan fingerprint density at radius 2 is 1.75 bits per heavy atom. The minimum atomic E-state index is 0.357. The molecule has 0 unspecified atom stereocenters. The van der Waals surface area contributed by atoms with Gasteiger partial charge in [0.2, 0.25) is 0 Å². The summed E-state index contributed by atoms with van der Waals surface area (Å²) in [7, 11) is 0. The Morgan fingerprint density at radius 1 is 1.05 bits per heavy atom. The van der Waals surface area contributed by atoms with E-state index in [-0.39, 0.29) is 0 Å². The topological polar surface area (TPSA) is 43.8 Å². The molecular formula is C17H19N3. The van der Waals surface area contributed by atoms with Gasteiger partial charge in [0.25, 0.3) is 0 Å². The lowest BCUT2D eigenvalue weighted by Gasteiger charge is -2.13. The van der Waals surface area contributed by atoms with Crippen LogP contribution in [0.25, 0.3) is 22.4 Å². The van der Waals surface area contributed by atoms with Crippen molar-refractivity contribution >= 4 is 16.7 Å². The molecule has 0 amide bonds. The number of anilines is 1. The normalized spacial score (nSPS) is 11.4. The highest BCUT2D eigenvalue weighted by atomic mass is 15.1. The van der Waals surface area contributed by atoms with E-state index in [1.165, 1.54) is 11.1 Å². The molecule has 0 aliphatic rings. The molecule has 3 aromatic rings. The minimum Gasteiger partial charge on any atom is -0.399 e. The van der Waals surface area contributed by atoms with E-state index in [2.05, 4.69) is 43.5 Å². The quantitative estimate of drug-likeness (QED) is 0.706. The minimum absolute atomic E-state index is 0.357. The highest BCUT2D eigenvalue weighted by Gasteiger charge is 2.14. The first-order chi connectivity index (χ1) is 9.56. The van der Waals surface area contributed by atoms with Crippen LogP contribution in [0.3, 0.4) is 0 Å². The second-order valence-corrected chi connectivity index (χ2v) is 5.51. The van der Waals surface area contributed by atoms with Gasteiger partial charge in [0.1, 0.15) is 5.82 Å². The van der Waals surface area contributed by atoms with E-state index in [4.69, 9.17) is 10.7 Å². The summed E-state index contributed by atoms with van der Waals surface area (Å²) in [6.07, 6.45) is 0. The van der Waals surface area contributed by atoms with Crippen molar-refractivity contribution in [1.29, 1.82) is 0 Å². The molecule has 3 nitrogen and oxygen atoms in total. The molecule has 102 valence electrons. The number of imidazole rings is 1. The molecule has 0 bridgehead atoms. The molecule has 0 spiro atoms. The average Bonchev–Trinajstić information content (AvgIpc) is 2.77. The number of benzene rings is 2. The standard InChI is InChI=1S/C17H19N3/c1-11(2)20-16-9-4-12(3)10-15(16)19-17(20)13-5-7-14(18)8-6-13/h4-11H,18H2,1-3H3. The zero-order valence-electron chi connectivity index (χ0n) is 12.1. The fraction of sp³-hybridized carbons (Fsp3) is 0.235. The molecule has 1 aromatic heterocycles. The Kier molecular flexibility index (Phi) is 2.97. The van der Waals surface area contributed by atoms with Crippen LogP contribution >= 0.6 is 0 Å². The Labute approximate surface area is 119 Å². The van der Waals surface area contributed by atoms with E-state index in [1.807, 2.05) is 24.3 Å². The molecule has 0 fully saturated rings. The number of nitrogens with two attached hydrogens (primary N) is 1. The van der Waals surface area contributed by atoms with Crippen LogP contribution in [0.1, 0.15) is 25.5 Å². The first kappa shape index (κ1) is 12.7. The summed E-state index contributed by atoms with van der Waals surface area (Å²) in [5.74, 6) is 1.00. The van der Waals surface area contributed by atoms with E-state index < -0.39 is 0 Å². The van der Waals surface area contributed by atoms with Crippen LogP contribution in [0.15, 0.2) is 42.5 Å². The molecule has 3 heteroatoms. The van der Waals surface area contributed by atoms with Gasteiger partial charge in [0.05, 0.1) is 11.0 Å². The highest BCUT2D eigenvalue weighted by Crippen LogP contribution is 2.29. The summed E-state index contributed by atoms with van der Waals surface area (Å²) in [4.78, 5) is 4.82. The largest absolute Gasteiger partial charge is 0.399 e. The third-order valence-electron chi connectivity index (χ3n) is 3.53. The van der Waals surface area contributed by atoms with Gasteiger partial charge < -0.3 is 10.3 Å². The van der Waals surface area contributed by atoms with Crippen LogP contribution in [0, 0.1) is 6.92 Å². The highest BCUT2D eigenvalue weighted by molar-refractivity contribution is 5.81. The number of rotatable bonds is 2. The molecule has 0 aliphatic heterocycles. The van der Waals surface area contributed by atoms with E-state index >= 15 is 0 Å². The maximum Gasteiger partial charge on any atom is 0.141 e. The predicted molar refractivity (Wildman–Crippen MR) is 84.7 cm³/mol. The second-order valence-electron chi connectivity index (χ2n) is 5.51. The molecule has 0 saturated carbocycles. The summed E-state index contributed by atoms with van der Waals surface area (Å²) < 4.78 is 2.28. The molecule has 0 atom stereocenters. The van der Waals surface area contributed by atoms with E-state index in [0.29, 0.717) is 6.04 Å². The van der Waals surface area contributed by atoms with Crippen LogP contribution in [0.5, 0.6) is 0 Å². The lowest BCUT2D eigenvalue weighted by atomic mass is 10.2. The molecule has 20 heavy (non-hydrogen) atoms. The smallest absolute Gasteiger partial charge is 0.141 e. The monoisotopic (exact) mass is 265 g/mol. The lowest BCUT2D eigenvalue weighted by molar-refractivity contribution is 0.624. The zero-order chi connectivity index (χ0) is 14.3. The third kappa shape index (κ3) is 2.05. The number of nitrogen functional groups attached to an aromatic ring is 1. The van der Waals surface area contributed by atoms with Gasteiger partial charge >= 0.3 is 0 Å². The van der Waals surface area contributed by atoms with E-state index in [9.17, 15) is 0 Å². The number of hydrogen-bond acceptors (Lipinski definition) is 2. The molecule has 3 rings (SSSR count). The van der Waals surface area contributed by atoms with Crippen LogP contribution in [0.4, 0.5) is 5.69 Å². The summed E-state index contributed by atoms with van der Waals surface area (Å²) in [6.45, 7) is 6.46. The summed E-state index contributed by atoms with van der Waals surface area (Å²) in [6, 6.07) is 14.7. The van der Waals surface area contributed by atoms with Crippen molar-refractivity contribution < 1.29 is 0 Å². The van der Waals surface area contributed by atoms with Gasteiger partial charge in [-0.3, -0.25) is 0 Å². The number of hydrogen-bond donors (Lipinski definition) is 1. The van der Waals surface area contributed by atoms with E-state index in [1.54, 1.807) is 0 Å². The summed E-state index contributed by atoms with van der Waals surface area (Å²) in [5, 5.41) is 0. The van der Waals surface area contributed by atoms with Gasteiger partial charge in [0.15, 0.2) is 0 Å². The first-order valence-corrected chi connectivity index (χ1v) is 6.91. The van der Waals surface area contributed by atoms with Crippen molar-refractivity contribution in [3.63, 3.8) is 0 Å². The van der Waals surface area contributed by atoms with Gasteiger partial charge in [-0.15, -0.1) is 0 Å².